The van der Waals surface area contributed by atoms with Crippen LogP contribution in [0.3, 0.4) is 0 Å². The van der Waals surface area contributed by atoms with Gasteiger partial charge in [0.2, 0.25) is 0 Å². The Hall–Kier alpha value is -2.63. The van der Waals surface area contributed by atoms with Gasteiger partial charge in [0.05, 0.1) is 40.6 Å². The first-order valence-electron chi connectivity index (χ1n) is 5.86. The van der Waals surface area contributed by atoms with E-state index in [1.807, 2.05) is 18.4 Å². The van der Waals surface area contributed by atoms with Crippen LogP contribution >= 0.6 is 0 Å². The molecule has 0 amide bonds. The van der Waals surface area contributed by atoms with E-state index in [-0.39, 0.29) is 5.56 Å². The van der Waals surface area contributed by atoms with Crippen molar-refractivity contribution < 1.29 is 0 Å². The average molecular weight is 255 g/mol. The van der Waals surface area contributed by atoms with E-state index < -0.39 is 0 Å². The van der Waals surface area contributed by atoms with Crippen LogP contribution in [0.5, 0.6) is 0 Å². The summed E-state index contributed by atoms with van der Waals surface area (Å²) in [5.41, 5.74) is 9.71. The molecule has 6 heteroatoms. The molecule has 0 aliphatic heterocycles. The minimum atomic E-state index is -0.193. The molecule has 96 valence electrons. The van der Waals surface area contributed by atoms with Crippen LogP contribution in [0.2, 0.25) is 0 Å². The highest BCUT2D eigenvalue weighted by Gasteiger charge is 2.10. The Morgan fingerprint density at radius 2 is 2.05 bits per heavy atom. The highest BCUT2D eigenvalue weighted by molar-refractivity contribution is 5.85. The molecule has 2 aromatic heterocycles. The fraction of sp³-hybridized carbons (Fsp3) is 0.154. The summed E-state index contributed by atoms with van der Waals surface area (Å²) in [5.74, 6) is 0. The maximum atomic E-state index is 11.7. The number of anilines is 1. The van der Waals surface area contributed by atoms with Crippen molar-refractivity contribution in [2.45, 2.75) is 13.8 Å². The molecule has 0 bridgehead atoms. The third-order valence-electron chi connectivity index (χ3n) is 3.30. The molecule has 0 saturated carbocycles. The van der Waals surface area contributed by atoms with Gasteiger partial charge in [0, 0.05) is 5.69 Å². The monoisotopic (exact) mass is 255 g/mol. The van der Waals surface area contributed by atoms with Gasteiger partial charge in [-0.3, -0.25) is 4.79 Å². The zero-order chi connectivity index (χ0) is 13.6. The number of nitrogens with two attached hydrogens (primary N) is 1. The normalized spacial score (nSPS) is 11.1. The third kappa shape index (κ3) is 1.69. The van der Waals surface area contributed by atoms with E-state index in [1.165, 1.54) is 6.33 Å². The average Bonchev–Trinajstić information content (AvgIpc) is 2.71. The van der Waals surface area contributed by atoms with Crippen molar-refractivity contribution >= 4 is 16.6 Å². The number of hydrogen-bond acceptors (Lipinski definition) is 4. The quantitative estimate of drug-likeness (QED) is 0.641. The summed E-state index contributed by atoms with van der Waals surface area (Å²) in [5, 5.41) is 0.484. The van der Waals surface area contributed by atoms with Gasteiger partial charge < -0.3 is 15.3 Å². The predicted molar refractivity (Wildman–Crippen MR) is 73.4 cm³/mol. The molecule has 2 heterocycles. The van der Waals surface area contributed by atoms with Crippen LogP contribution in [-0.2, 0) is 0 Å². The number of aromatic nitrogens is 4. The Balaban J connectivity index is 2.34. The lowest BCUT2D eigenvalue weighted by atomic mass is 10.2. The van der Waals surface area contributed by atoms with Gasteiger partial charge in [0.15, 0.2) is 0 Å². The summed E-state index contributed by atoms with van der Waals surface area (Å²) in [6, 6.07) is 3.44. The Kier molecular flexibility index (Phi) is 2.38. The minimum Gasteiger partial charge on any atom is -0.397 e. The zero-order valence-electron chi connectivity index (χ0n) is 10.6. The molecule has 6 nitrogen and oxygen atoms in total. The second kappa shape index (κ2) is 3.94. The number of nitrogen functional groups attached to an aromatic ring is 1. The molecule has 19 heavy (non-hydrogen) atoms. The second-order valence-electron chi connectivity index (χ2n) is 4.45. The van der Waals surface area contributed by atoms with Crippen molar-refractivity contribution in [2.75, 3.05) is 5.73 Å². The van der Waals surface area contributed by atoms with Crippen LogP contribution in [0.25, 0.3) is 16.6 Å². The maximum absolute atomic E-state index is 11.7. The fourth-order valence-electron chi connectivity index (χ4n) is 2.07. The summed E-state index contributed by atoms with van der Waals surface area (Å²) in [7, 11) is 0. The fourth-order valence-corrected chi connectivity index (χ4v) is 2.07. The number of rotatable bonds is 1. The molecule has 0 spiro atoms. The summed E-state index contributed by atoms with van der Waals surface area (Å²) >= 11 is 0. The van der Waals surface area contributed by atoms with Crippen molar-refractivity contribution in [3.8, 4) is 5.69 Å². The number of nitrogens with one attached hydrogen (secondary N) is 1. The van der Waals surface area contributed by atoms with Crippen molar-refractivity contribution in [1.29, 1.82) is 0 Å². The van der Waals surface area contributed by atoms with E-state index in [2.05, 4.69) is 15.0 Å². The first-order valence-corrected chi connectivity index (χ1v) is 5.86. The topological polar surface area (TPSA) is 89.6 Å². The third-order valence-corrected chi connectivity index (χ3v) is 3.30. The SMILES string of the molecule is Cc1ncn(-c2cc3nc[nH]c(=O)c3cc2N)c1C. The van der Waals surface area contributed by atoms with E-state index in [1.54, 1.807) is 18.5 Å². The number of benzene rings is 1. The van der Waals surface area contributed by atoms with E-state index >= 15 is 0 Å². The van der Waals surface area contributed by atoms with Crippen LogP contribution in [0.15, 0.2) is 29.6 Å². The minimum absolute atomic E-state index is 0.193. The Morgan fingerprint density at radius 3 is 2.74 bits per heavy atom. The largest absolute Gasteiger partial charge is 0.397 e. The number of imidazole rings is 1. The lowest BCUT2D eigenvalue weighted by Crippen LogP contribution is -2.08. The molecule has 3 N–H and O–H groups in total. The van der Waals surface area contributed by atoms with Crippen molar-refractivity contribution in [1.82, 2.24) is 19.5 Å². The van der Waals surface area contributed by atoms with Gasteiger partial charge in [0.1, 0.15) is 0 Å². The van der Waals surface area contributed by atoms with Crippen LogP contribution in [0, 0.1) is 13.8 Å². The molecule has 0 radical (unpaired) electrons. The summed E-state index contributed by atoms with van der Waals surface area (Å²) in [4.78, 5) is 22.6. The number of nitrogens with zero attached hydrogens (tertiary/aromatic N) is 3. The van der Waals surface area contributed by atoms with E-state index in [0.717, 1.165) is 17.1 Å². The van der Waals surface area contributed by atoms with Crippen molar-refractivity contribution in [3.05, 3.63) is 46.5 Å². The van der Waals surface area contributed by atoms with Gasteiger partial charge in [-0.25, -0.2) is 9.97 Å². The number of H-pyrrole nitrogens is 1. The molecule has 3 rings (SSSR count). The van der Waals surface area contributed by atoms with Crippen LogP contribution < -0.4 is 11.3 Å². The zero-order valence-corrected chi connectivity index (χ0v) is 10.6. The second-order valence-corrected chi connectivity index (χ2v) is 4.45. The van der Waals surface area contributed by atoms with Gasteiger partial charge in [-0.15, -0.1) is 0 Å². The van der Waals surface area contributed by atoms with Gasteiger partial charge in [-0.2, -0.15) is 0 Å². The summed E-state index contributed by atoms with van der Waals surface area (Å²) < 4.78 is 1.90. The number of fused-ring (bicyclic) bond motifs is 1. The van der Waals surface area contributed by atoms with Crippen molar-refractivity contribution in [2.24, 2.45) is 0 Å². The van der Waals surface area contributed by atoms with Gasteiger partial charge in [-0.05, 0) is 26.0 Å². The Morgan fingerprint density at radius 1 is 1.26 bits per heavy atom. The summed E-state index contributed by atoms with van der Waals surface area (Å²) in [6.45, 7) is 3.91. The lowest BCUT2D eigenvalue weighted by molar-refractivity contribution is 1.00. The molecule has 0 atom stereocenters. The molecular formula is C13H13N5O. The molecular weight excluding hydrogens is 242 g/mol. The predicted octanol–water partition coefficient (Wildman–Crippen LogP) is 1.31. The summed E-state index contributed by atoms with van der Waals surface area (Å²) in [6.07, 6.45) is 3.10. The highest BCUT2D eigenvalue weighted by Crippen LogP contribution is 2.23. The smallest absolute Gasteiger partial charge is 0.258 e. The molecule has 1 aromatic carbocycles. The van der Waals surface area contributed by atoms with Gasteiger partial charge in [0.25, 0.3) is 5.56 Å². The van der Waals surface area contributed by atoms with Gasteiger partial charge in [-0.1, -0.05) is 0 Å². The van der Waals surface area contributed by atoms with Gasteiger partial charge >= 0.3 is 0 Å². The standard InChI is InChI=1S/C13H13N5O/c1-7-8(2)18(6-17-7)12-4-11-9(3-10(12)14)13(19)16-5-15-11/h3-6H,14H2,1-2H3,(H,15,16,19). The Labute approximate surface area is 108 Å². The number of aryl methyl sites for hydroxylation is 1. The van der Waals surface area contributed by atoms with Crippen LogP contribution in [0.4, 0.5) is 5.69 Å². The van der Waals surface area contributed by atoms with Crippen LogP contribution in [-0.4, -0.2) is 19.5 Å². The van der Waals surface area contributed by atoms with E-state index in [0.29, 0.717) is 16.6 Å². The molecule has 0 saturated heterocycles. The number of aromatic amines is 1. The Bertz CT molecular complexity index is 831. The van der Waals surface area contributed by atoms with E-state index in [4.69, 9.17) is 5.73 Å². The van der Waals surface area contributed by atoms with E-state index in [9.17, 15) is 4.79 Å². The highest BCUT2D eigenvalue weighted by atomic mass is 16.1. The van der Waals surface area contributed by atoms with Crippen LogP contribution in [0.1, 0.15) is 11.4 Å². The van der Waals surface area contributed by atoms with Crippen molar-refractivity contribution in [3.63, 3.8) is 0 Å². The molecule has 0 unspecified atom stereocenters. The molecule has 3 aromatic rings. The first kappa shape index (κ1) is 11.5. The molecule has 0 aliphatic carbocycles. The maximum Gasteiger partial charge on any atom is 0.258 e. The lowest BCUT2D eigenvalue weighted by Gasteiger charge is -2.10. The first-order chi connectivity index (χ1) is 9.08. The molecule has 0 fully saturated rings. The number of hydrogen-bond donors (Lipinski definition) is 2. The molecule has 0 aliphatic rings.